The van der Waals surface area contributed by atoms with Crippen LogP contribution in [0.1, 0.15) is 13.8 Å². The van der Waals surface area contributed by atoms with Crippen molar-refractivity contribution in [1.82, 2.24) is 0 Å². The van der Waals surface area contributed by atoms with E-state index in [-0.39, 0.29) is 42.8 Å². The second kappa shape index (κ2) is 9.64. The molecule has 0 aromatic carbocycles. The molecular weight excluding hydrogens is 354 g/mol. The molecule has 0 aromatic rings. The van der Waals surface area contributed by atoms with Gasteiger partial charge in [0.2, 0.25) is 0 Å². The summed E-state index contributed by atoms with van der Waals surface area (Å²) < 4.78 is 46.7. The first-order chi connectivity index (χ1) is 12.2. The summed E-state index contributed by atoms with van der Waals surface area (Å²) in [6.45, 7) is 4.37. The number of methoxy groups -OCH3 is 2. The van der Waals surface area contributed by atoms with Crippen molar-refractivity contribution in [2.24, 2.45) is 11.8 Å². The van der Waals surface area contributed by atoms with Crippen LogP contribution in [-0.2, 0) is 32.6 Å². The molecule has 0 N–H and O–H groups in total. The van der Waals surface area contributed by atoms with Crippen molar-refractivity contribution in [1.29, 1.82) is 0 Å². The van der Waals surface area contributed by atoms with Gasteiger partial charge in [0.1, 0.15) is 27.5 Å². The number of hydrogen-bond donors (Lipinski definition) is 0. The van der Waals surface area contributed by atoms with E-state index in [0.29, 0.717) is 6.61 Å². The Bertz CT molecular complexity index is 502. The van der Waals surface area contributed by atoms with Gasteiger partial charge in [-0.25, -0.2) is 0 Å². The van der Waals surface area contributed by atoms with Gasteiger partial charge in [0, 0.05) is 45.8 Å². The van der Waals surface area contributed by atoms with Gasteiger partial charge in [-0.15, -0.1) is 0 Å². The molecule has 26 heavy (non-hydrogen) atoms. The van der Waals surface area contributed by atoms with E-state index in [2.05, 4.69) is 0 Å². The first kappa shape index (κ1) is 22.5. The van der Waals surface area contributed by atoms with E-state index in [4.69, 9.17) is 43.6 Å². The summed E-state index contributed by atoms with van der Waals surface area (Å²) in [6, 6.07) is -0.692. The molecule has 0 bridgehead atoms. The smallest absolute Gasteiger partial charge is 0.147 e. The van der Waals surface area contributed by atoms with Gasteiger partial charge in [-0.2, -0.15) is 0 Å². The van der Waals surface area contributed by atoms with Crippen LogP contribution >= 0.6 is 7.47 Å². The second-order valence-electron chi connectivity index (χ2n) is 6.43. The molecule has 2 aliphatic heterocycles. The van der Waals surface area contributed by atoms with Crippen LogP contribution in [0.25, 0.3) is 0 Å². The summed E-state index contributed by atoms with van der Waals surface area (Å²) in [6.07, 6.45) is -1.29. The minimum Gasteiger partial charge on any atom is -0.382 e. The monoisotopic (exact) mass is 382 g/mol. The van der Waals surface area contributed by atoms with Crippen molar-refractivity contribution < 1.29 is 32.6 Å². The maximum atomic E-state index is 13.0. The predicted octanol–water partition coefficient (Wildman–Crippen LogP) is -0.799. The molecule has 2 fully saturated rings. The molecule has 0 aliphatic carbocycles. The summed E-state index contributed by atoms with van der Waals surface area (Å²) in [5.74, 6) is -0.00828. The van der Waals surface area contributed by atoms with E-state index in [1.807, 2.05) is 13.8 Å². The van der Waals surface area contributed by atoms with Crippen LogP contribution in [0.5, 0.6) is 0 Å². The van der Waals surface area contributed by atoms with Crippen LogP contribution in [0.2, 0.25) is 0 Å². The SMILES string of the molecule is [B][B][C@@H]1O[C@H](COP([BH3-])(=O)O[C@@H]2C(C)[C@H]([B])O[C@@H]2COC)[C@H](OC)C1C. The van der Waals surface area contributed by atoms with E-state index in [1.165, 1.54) is 7.17 Å². The summed E-state index contributed by atoms with van der Waals surface area (Å²) in [5.41, 5.74) is 0. The molecule has 0 spiro atoms. The van der Waals surface area contributed by atoms with Crippen molar-refractivity contribution in [3.8, 4) is 0 Å². The van der Waals surface area contributed by atoms with Crippen molar-refractivity contribution in [2.75, 3.05) is 27.4 Å². The minimum atomic E-state index is -3.12. The Balaban J connectivity index is 1.95. The highest BCUT2D eigenvalue weighted by Crippen LogP contribution is 2.48. The van der Waals surface area contributed by atoms with Gasteiger partial charge in [0.25, 0.3) is 0 Å². The molecule has 143 valence electrons. The highest BCUT2D eigenvalue weighted by Gasteiger charge is 2.43. The maximum absolute atomic E-state index is 13.0. The van der Waals surface area contributed by atoms with Crippen LogP contribution in [0.15, 0.2) is 0 Å². The molecule has 2 heterocycles. The van der Waals surface area contributed by atoms with Gasteiger partial charge in [-0.3, -0.25) is 0 Å². The fourth-order valence-corrected chi connectivity index (χ4v) is 4.16. The van der Waals surface area contributed by atoms with Gasteiger partial charge < -0.3 is 32.6 Å². The van der Waals surface area contributed by atoms with E-state index < -0.39 is 27.1 Å². The zero-order chi connectivity index (χ0) is 19.5. The zero-order valence-corrected chi connectivity index (χ0v) is 16.0. The van der Waals surface area contributed by atoms with Crippen LogP contribution in [0.4, 0.5) is 0 Å². The van der Waals surface area contributed by atoms with Gasteiger partial charge >= 0.3 is 0 Å². The lowest BCUT2D eigenvalue weighted by Gasteiger charge is -2.30. The van der Waals surface area contributed by atoms with E-state index in [1.54, 1.807) is 14.2 Å². The Hall–Kier alpha value is 0.250. The Morgan fingerprint density at radius 1 is 1.12 bits per heavy atom. The van der Waals surface area contributed by atoms with Crippen molar-refractivity contribution in [3.63, 3.8) is 0 Å². The van der Waals surface area contributed by atoms with E-state index in [9.17, 15) is 4.57 Å². The molecule has 3 unspecified atom stereocenters. The van der Waals surface area contributed by atoms with Gasteiger partial charge in [0.05, 0.1) is 40.2 Å². The second-order valence-corrected chi connectivity index (χ2v) is 7.35. The highest BCUT2D eigenvalue weighted by molar-refractivity contribution is 7.79. The predicted molar refractivity (Wildman–Crippen MR) is 104 cm³/mol. The van der Waals surface area contributed by atoms with Crippen LogP contribution in [0.3, 0.4) is 0 Å². The third kappa shape index (κ3) is 5.19. The largest absolute Gasteiger partial charge is 0.382 e. The lowest BCUT2D eigenvalue weighted by atomic mass is 9.49. The molecule has 0 saturated carbocycles. The van der Waals surface area contributed by atoms with E-state index in [0.717, 1.165) is 0 Å². The molecule has 0 amide bonds. The normalized spacial score (nSPS) is 42.7. The number of hydrogen-bond acceptors (Lipinski definition) is 7. The molecule has 5 radical (unpaired) electrons. The number of rotatable bonds is 9. The third-order valence-corrected chi connectivity index (χ3v) is 5.59. The lowest BCUT2D eigenvalue weighted by molar-refractivity contribution is -0.0292. The Morgan fingerprint density at radius 3 is 2.35 bits per heavy atom. The van der Waals surface area contributed by atoms with Crippen molar-refractivity contribution in [2.45, 2.75) is 50.3 Å². The van der Waals surface area contributed by atoms with Crippen LogP contribution in [-0.4, -0.2) is 94.2 Å². The zero-order valence-electron chi connectivity index (χ0n) is 15.1. The lowest BCUT2D eigenvalue weighted by Crippen LogP contribution is -2.33. The summed E-state index contributed by atoms with van der Waals surface area (Å²) >= 11 is 0. The fourth-order valence-electron chi connectivity index (χ4n) is 3.31. The van der Waals surface area contributed by atoms with Crippen molar-refractivity contribution >= 4 is 37.8 Å². The molecule has 9 atom stereocenters. The first-order valence-electron chi connectivity index (χ1n) is 8.33. The maximum Gasteiger partial charge on any atom is 0.147 e. The standard InChI is InChI=1S/C14H27B4O7P/c1-7-12(9(5-20-3)23-13(7)15)25-26(17,19)22-6-10-11(21-4)8(2)14(18-16)24-10/h7-14H,5-6H2,1-4,17H3/q-1/t7?,8?,9-,10-,11-,12-,13-,14-,26?/m1/s1. The quantitative estimate of drug-likeness (QED) is 0.382. The molecule has 2 rings (SSSR count). The molecule has 12 heteroatoms. The Morgan fingerprint density at radius 2 is 1.77 bits per heavy atom. The third-order valence-electron chi connectivity index (χ3n) is 4.81. The summed E-state index contributed by atoms with van der Waals surface area (Å²) in [5, 5.41) is 0. The fraction of sp³-hybridized carbons (Fsp3) is 1.00. The number of ether oxygens (including phenoxy) is 4. The highest BCUT2D eigenvalue weighted by atomic mass is 31.2. The summed E-state index contributed by atoms with van der Waals surface area (Å²) in [4.78, 5) is 0. The molecular formula is C14H27B4O7P-. The van der Waals surface area contributed by atoms with Crippen molar-refractivity contribution in [3.05, 3.63) is 0 Å². The average Bonchev–Trinajstić information content (AvgIpc) is 3.04. The molecule has 2 aliphatic rings. The van der Waals surface area contributed by atoms with E-state index >= 15 is 0 Å². The first-order valence-corrected chi connectivity index (χ1v) is 9.42. The Kier molecular flexibility index (Phi) is 8.35. The topological polar surface area (TPSA) is 72.5 Å². The average molecular weight is 382 g/mol. The van der Waals surface area contributed by atoms with Crippen LogP contribution in [0, 0.1) is 11.8 Å². The van der Waals surface area contributed by atoms with Crippen LogP contribution < -0.4 is 0 Å². The van der Waals surface area contributed by atoms with Gasteiger partial charge in [-0.1, -0.05) is 13.8 Å². The minimum absolute atomic E-state index is 0.0927. The molecule has 7 nitrogen and oxygen atoms in total. The van der Waals surface area contributed by atoms with Gasteiger partial charge in [-0.05, 0) is 0 Å². The molecule has 2 saturated heterocycles. The van der Waals surface area contributed by atoms with Gasteiger partial charge in [0.15, 0.2) is 0 Å². The summed E-state index contributed by atoms with van der Waals surface area (Å²) in [7, 11) is 12.4. The molecule has 0 aromatic heterocycles. The Labute approximate surface area is 160 Å².